The molecule has 0 aromatic heterocycles. The smallest absolute Gasteiger partial charge is 0.149 e. The van der Waals surface area contributed by atoms with E-state index in [0.717, 1.165) is 11.4 Å². The second kappa shape index (κ2) is 6.91. The molecule has 0 fully saturated rings. The predicted octanol–water partition coefficient (Wildman–Crippen LogP) is 3.95. The lowest BCUT2D eigenvalue weighted by atomic mass is 10.0. The summed E-state index contributed by atoms with van der Waals surface area (Å²) in [5.41, 5.74) is 1.18. The Morgan fingerprint density at radius 3 is 2.33 bits per heavy atom. The molecule has 18 heavy (non-hydrogen) atoms. The highest BCUT2D eigenvalue weighted by Crippen LogP contribution is 2.21. The van der Waals surface area contributed by atoms with E-state index in [1.165, 1.54) is 5.56 Å². The van der Waals surface area contributed by atoms with E-state index in [0.29, 0.717) is 12.3 Å². The SMILES string of the molecule is CCC(C)C(=O)CN(C)C(C)c1ccc(Cl)cc1. The van der Waals surface area contributed by atoms with Crippen LogP contribution in [0.3, 0.4) is 0 Å². The molecule has 0 heterocycles. The normalized spacial score (nSPS) is 14.6. The first-order valence-corrected chi connectivity index (χ1v) is 6.82. The second-order valence-corrected chi connectivity index (χ2v) is 5.35. The minimum Gasteiger partial charge on any atom is -0.298 e. The molecular weight excluding hydrogens is 246 g/mol. The van der Waals surface area contributed by atoms with Crippen molar-refractivity contribution in [1.82, 2.24) is 4.90 Å². The Hall–Kier alpha value is -0.860. The summed E-state index contributed by atoms with van der Waals surface area (Å²) >= 11 is 5.87. The molecule has 1 aromatic rings. The third-order valence-electron chi connectivity index (χ3n) is 3.58. The molecule has 0 aliphatic carbocycles. The van der Waals surface area contributed by atoms with Crippen molar-refractivity contribution in [3.63, 3.8) is 0 Å². The summed E-state index contributed by atoms with van der Waals surface area (Å²) < 4.78 is 0. The molecule has 2 unspecified atom stereocenters. The lowest BCUT2D eigenvalue weighted by molar-refractivity contribution is -0.123. The number of carbonyl (C=O) groups excluding carboxylic acids is 1. The van der Waals surface area contributed by atoms with Crippen LogP contribution in [0.2, 0.25) is 5.02 Å². The van der Waals surface area contributed by atoms with Gasteiger partial charge in [0.2, 0.25) is 0 Å². The van der Waals surface area contributed by atoms with Gasteiger partial charge in [0.1, 0.15) is 5.78 Å². The molecule has 0 saturated carbocycles. The van der Waals surface area contributed by atoms with Crippen molar-refractivity contribution >= 4 is 17.4 Å². The van der Waals surface area contributed by atoms with Crippen molar-refractivity contribution in [2.45, 2.75) is 33.2 Å². The number of hydrogen-bond donors (Lipinski definition) is 0. The van der Waals surface area contributed by atoms with Crippen molar-refractivity contribution < 1.29 is 4.79 Å². The van der Waals surface area contributed by atoms with E-state index in [9.17, 15) is 4.79 Å². The molecule has 2 atom stereocenters. The van der Waals surface area contributed by atoms with E-state index >= 15 is 0 Å². The van der Waals surface area contributed by atoms with E-state index in [2.05, 4.69) is 11.8 Å². The lowest BCUT2D eigenvalue weighted by Crippen LogP contribution is -2.31. The standard InChI is InChI=1S/C15H22ClNO/c1-5-11(2)15(18)10-17(4)12(3)13-6-8-14(16)9-7-13/h6-9,11-12H,5,10H2,1-4H3. The molecule has 0 spiro atoms. The van der Waals surface area contributed by atoms with Crippen LogP contribution < -0.4 is 0 Å². The number of halogens is 1. The number of ketones is 1. The highest BCUT2D eigenvalue weighted by Gasteiger charge is 2.17. The molecule has 0 N–H and O–H groups in total. The largest absolute Gasteiger partial charge is 0.298 e. The Bertz CT molecular complexity index is 388. The molecule has 0 aliphatic rings. The monoisotopic (exact) mass is 267 g/mol. The first kappa shape index (κ1) is 15.2. The maximum Gasteiger partial charge on any atom is 0.149 e. The van der Waals surface area contributed by atoms with Gasteiger partial charge in [0.25, 0.3) is 0 Å². The van der Waals surface area contributed by atoms with Crippen LogP contribution in [0.4, 0.5) is 0 Å². The number of Topliss-reactive ketones (excluding diaryl/α,β-unsaturated/α-hetero) is 1. The molecule has 0 aliphatic heterocycles. The number of rotatable bonds is 6. The zero-order valence-corrected chi connectivity index (χ0v) is 12.4. The summed E-state index contributed by atoms with van der Waals surface area (Å²) in [4.78, 5) is 14.0. The molecule has 2 nitrogen and oxygen atoms in total. The molecule has 100 valence electrons. The van der Waals surface area contributed by atoms with E-state index < -0.39 is 0 Å². The summed E-state index contributed by atoms with van der Waals surface area (Å²) in [5, 5.41) is 0.740. The summed E-state index contributed by atoms with van der Waals surface area (Å²) in [5.74, 6) is 0.450. The van der Waals surface area contributed by atoms with Crippen LogP contribution in [0.1, 0.15) is 38.8 Å². The molecule has 0 amide bonds. The van der Waals surface area contributed by atoms with Gasteiger partial charge >= 0.3 is 0 Å². The molecule has 0 saturated heterocycles. The van der Waals surface area contributed by atoms with Crippen molar-refractivity contribution in [2.75, 3.05) is 13.6 Å². The average molecular weight is 268 g/mol. The van der Waals surface area contributed by atoms with Crippen LogP contribution in [-0.4, -0.2) is 24.3 Å². The Kier molecular flexibility index (Phi) is 5.83. The summed E-state index contributed by atoms with van der Waals surface area (Å²) in [6.45, 7) is 6.64. The van der Waals surface area contributed by atoms with Gasteiger partial charge in [0.15, 0.2) is 0 Å². The second-order valence-electron chi connectivity index (χ2n) is 4.92. The molecule has 3 heteroatoms. The fourth-order valence-electron chi connectivity index (χ4n) is 1.76. The fraction of sp³-hybridized carbons (Fsp3) is 0.533. The number of likely N-dealkylation sites (N-methyl/N-ethyl adjacent to an activating group) is 1. The minimum atomic E-state index is 0.143. The quantitative estimate of drug-likeness (QED) is 0.778. The summed E-state index contributed by atoms with van der Waals surface area (Å²) in [7, 11) is 1.99. The Morgan fingerprint density at radius 2 is 1.83 bits per heavy atom. The van der Waals surface area contributed by atoms with E-state index in [4.69, 9.17) is 11.6 Å². The summed E-state index contributed by atoms with van der Waals surface area (Å²) in [6.07, 6.45) is 0.905. The Labute approximate surface area is 115 Å². The van der Waals surface area contributed by atoms with Crippen LogP contribution in [0.15, 0.2) is 24.3 Å². The zero-order valence-electron chi connectivity index (χ0n) is 11.6. The molecule has 0 radical (unpaired) electrons. The van der Waals surface area contributed by atoms with Gasteiger partial charge in [-0.25, -0.2) is 0 Å². The van der Waals surface area contributed by atoms with Gasteiger partial charge < -0.3 is 0 Å². The van der Waals surface area contributed by atoms with E-state index in [1.807, 2.05) is 45.2 Å². The third kappa shape index (κ3) is 4.11. The fourth-order valence-corrected chi connectivity index (χ4v) is 1.89. The third-order valence-corrected chi connectivity index (χ3v) is 3.83. The van der Waals surface area contributed by atoms with Gasteiger partial charge in [-0.2, -0.15) is 0 Å². The maximum absolute atomic E-state index is 11.9. The van der Waals surface area contributed by atoms with Gasteiger partial charge in [-0.05, 0) is 38.1 Å². The highest BCUT2D eigenvalue weighted by atomic mass is 35.5. The Morgan fingerprint density at radius 1 is 1.28 bits per heavy atom. The molecule has 1 rings (SSSR count). The topological polar surface area (TPSA) is 20.3 Å². The van der Waals surface area contributed by atoms with Gasteiger partial charge in [-0.3, -0.25) is 9.69 Å². The van der Waals surface area contributed by atoms with Gasteiger partial charge in [0, 0.05) is 17.0 Å². The van der Waals surface area contributed by atoms with Crippen LogP contribution in [0.5, 0.6) is 0 Å². The van der Waals surface area contributed by atoms with Gasteiger partial charge in [-0.15, -0.1) is 0 Å². The maximum atomic E-state index is 11.9. The summed E-state index contributed by atoms with van der Waals surface area (Å²) in [6, 6.07) is 8.01. The van der Waals surface area contributed by atoms with Gasteiger partial charge in [0.05, 0.1) is 6.54 Å². The predicted molar refractivity (Wildman–Crippen MR) is 77.0 cm³/mol. The van der Waals surface area contributed by atoms with Crippen LogP contribution in [0.25, 0.3) is 0 Å². The molecule has 0 bridgehead atoms. The average Bonchev–Trinajstić information content (AvgIpc) is 2.37. The van der Waals surface area contributed by atoms with Crippen molar-refractivity contribution in [3.8, 4) is 0 Å². The molecule has 1 aromatic carbocycles. The van der Waals surface area contributed by atoms with Crippen LogP contribution in [0, 0.1) is 5.92 Å². The van der Waals surface area contributed by atoms with E-state index in [-0.39, 0.29) is 12.0 Å². The first-order valence-electron chi connectivity index (χ1n) is 6.44. The molecular formula is C15H22ClNO. The highest BCUT2D eigenvalue weighted by molar-refractivity contribution is 6.30. The van der Waals surface area contributed by atoms with Crippen molar-refractivity contribution in [2.24, 2.45) is 5.92 Å². The van der Waals surface area contributed by atoms with Gasteiger partial charge in [-0.1, -0.05) is 37.6 Å². The number of hydrogen-bond acceptors (Lipinski definition) is 2. The van der Waals surface area contributed by atoms with Crippen LogP contribution >= 0.6 is 11.6 Å². The Balaban J connectivity index is 2.64. The number of carbonyl (C=O) groups is 1. The lowest BCUT2D eigenvalue weighted by Gasteiger charge is -2.25. The van der Waals surface area contributed by atoms with Crippen molar-refractivity contribution in [1.29, 1.82) is 0 Å². The zero-order chi connectivity index (χ0) is 13.7. The first-order chi connectivity index (χ1) is 8.45. The minimum absolute atomic E-state index is 0.143. The van der Waals surface area contributed by atoms with E-state index in [1.54, 1.807) is 0 Å². The number of nitrogens with zero attached hydrogens (tertiary/aromatic N) is 1. The van der Waals surface area contributed by atoms with Crippen molar-refractivity contribution in [3.05, 3.63) is 34.9 Å². The van der Waals surface area contributed by atoms with Crippen LogP contribution in [-0.2, 0) is 4.79 Å². The number of benzene rings is 1.